The third-order valence-electron chi connectivity index (χ3n) is 4.49. The summed E-state index contributed by atoms with van der Waals surface area (Å²) in [6.45, 7) is 0.660. The van der Waals surface area contributed by atoms with E-state index < -0.39 is 12.0 Å². The first-order chi connectivity index (χ1) is 12.1. The molecule has 1 aromatic heterocycles. The third kappa shape index (κ3) is 2.98. The zero-order chi connectivity index (χ0) is 17.4. The summed E-state index contributed by atoms with van der Waals surface area (Å²) in [5.41, 5.74) is 2.61. The maximum Gasteiger partial charge on any atom is 0.326 e. The van der Waals surface area contributed by atoms with E-state index in [-0.39, 0.29) is 0 Å². The van der Waals surface area contributed by atoms with Crippen LogP contribution < -0.4 is 4.90 Å². The van der Waals surface area contributed by atoms with Gasteiger partial charge in [0.25, 0.3) is 0 Å². The van der Waals surface area contributed by atoms with E-state index in [1.807, 2.05) is 48.5 Å². The van der Waals surface area contributed by atoms with Gasteiger partial charge in [-0.25, -0.2) is 14.8 Å². The molecule has 0 amide bonds. The van der Waals surface area contributed by atoms with Crippen molar-refractivity contribution >= 4 is 38.8 Å². The van der Waals surface area contributed by atoms with Gasteiger partial charge in [0.05, 0.1) is 11.2 Å². The van der Waals surface area contributed by atoms with Gasteiger partial charge < -0.3 is 10.0 Å². The quantitative estimate of drug-likeness (QED) is 0.719. The Kier molecular flexibility index (Phi) is 4.13. The summed E-state index contributed by atoms with van der Waals surface area (Å²) in [4.78, 5) is 22.8. The van der Waals surface area contributed by atoms with Gasteiger partial charge in [-0.3, -0.25) is 0 Å². The minimum Gasteiger partial charge on any atom is -0.480 e. The SMILES string of the molecule is O=C(O)[C@H]1CCCN1c1nc(-c2ccccc2)c2cc(Br)ccc2n1. The molecule has 1 fully saturated rings. The van der Waals surface area contributed by atoms with Gasteiger partial charge in [-0.1, -0.05) is 46.3 Å². The standard InChI is InChI=1S/C19H16BrN3O2/c20-13-8-9-15-14(11-13)17(12-5-2-1-3-6-12)22-19(21-15)23-10-4-7-16(23)18(24)25/h1-3,5-6,8-9,11,16H,4,7,10H2,(H,24,25)/t16-/m1/s1. The molecule has 0 saturated carbocycles. The highest BCUT2D eigenvalue weighted by atomic mass is 79.9. The van der Waals surface area contributed by atoms with Gasteiger partial charge in [0.2, 0.25) is 5.95 Å². The molecule has 1 atom stereocenters. The van der Waals surface area contributed by atoms with E-state index in [9.17, 15) is 9.90 Å². The Morgan fingerprint density at radius 2 is 1.96 bits per heavy atom. The molecule has 2 aromatic carbocycles. The number of carbonyl (C=O) groups is 1. The molecule has 126 valence electrons. The Labute approximate surface area is 153 Å². The van der Waals surface area contributed by atoms with Crippen LogP contribution in [0.4, 0.5) is 5.95 Å². The van der Waals surface area contributed by atoms with Gasteiger partial charge in [0.15, 0.2) is 0 Å². The highest BCUT2D eigenvalue weighted by Crippen LogP contribution is 2.32. The van der Waals surface area contributed by atoms with Crippen LogP contribution in [-0.2, 0) is 4.79 Å². The summed E-state index contributed by atoms with van der Waals surface area (Å²) >= 11 is 3.51. The summed E-state index contributed by atoms with van der Waals surface area (Å²) in [5, 5.41) is 10.4. The number of nitrogens with zero attached hydrogens (tertiary/aromatic N) is 3. The Balaban J connectivity index is 1.93. The molecule has 0 spiro atoms. The van der Waals surface area contributed by atoms with Crippen LogP contribution in [-0.4, -0.2) is 33.6 Å². The number of aliphatic carboxylic acids is 1. The summed E-state index contributed by atoms with van der Waals surface area (Å²) in [7, 11) is 0. The molecular weight excluding hydrogens is 382 g/mol. The van der Waals surface area contributed by atoms with Crippen LogP contribution in [0, 0.1) is 0 Å². The van der Waals surface area contributed by atoms with E-state index in [1.54, 1.807) is 4.90 Å². The molecule has 2 heterocycles. The summed E-state index contributed by atoms with van der Waals surface area (Å²) in [5.74, 6) is -0.336. The van der Waals surface area contributed by atoms with Crippen LogP contribution in [0.25, 0.3) is 22.2 Å². The second-order valence-electron chi connectivity index (χ2n) is 6.09. The molecule has 1 saturated heterocycles. The number of aromatic nitrogens is 2. The number of carboxylic acids is 1. The molecule has 4 rings (SSSR count). The normalized spacial score (nSPS) is 17.2. The lowest BCUT2D eigenvalue weighted by atomic mass is 10.1. The fourth-order valence-electron chi connectivity index (χ4n) is 3.30. The van der Waals surface area contributed by atoms with Crippen molar-refractivity contribution in [3.8, 4) is 11.3 Å². The first-order valence-corrected chi connectivity index (χ1v) is 8.95. The predicted molar refractivity (Wildman–Crippen MR) is 101 cm³/mol. The van der Waals surface area contributed by atoms with Crippen molar-refractivity contribution in [2.75, 3.05) is 11.4 Å². The number of fused-ring (bicyclic) bond motifs is 1. The van der Waals surface area contributed by atoms with Crippen LogP contribution in [0.3, 0.4) is 0 Å². The lowest BCUT2D eigenvalue weighted by molar-refractivity contribution is -0.138. The third-order valence-corrected chi connectivity index (χ3v) is 4.98. The van der Waals surface area contributed by atoms with Crippen molar-refractivity contribution in [3.05, 3.63) is 53.0 Å². The van der Waals surface area contributed by atoms with E-state index in [0.29, 0.717) is 18.9 Å². The van der Waals surface area contributed by atoms with Gasteiger partial charge in [-0.15, -0.1) is 0 Å². The second-order valence-corrected chi connectivity index (χ2v) is 7.01. The molecule has 0 bridgehead atoms. The maximum atomic E-state index is 11.5. The predicted octanol–water partition coefficient (Wildman–Crippen LogP) is 4.11. The number of anilines is 1. The number of benzene rings is 2. The van der Waals surface area contributed by atoms with E-state index in [4.69, 9.17) is 4.98 Å². The van der Waals surface area contributed by atoms with Crippen LogP contribution in [0.1, 0.15) is 12.8 Å². The molecule has 6 heteroatoms. The van der Waals surface area contributed by atoms with E-state index in [2.05, 4.69) is 20.9 Å². The summed E-state index contributed by atoms with van der Waals surface area (Å²) < 4.78 is 0.957. The fourth-order valence-corrected chi connectivity index (χ4v) is 3.66. The Morgan fingerprint density at radius 3 is 2.72 bits per heavy atom. The molecule has 1 aliphatic rings. The molecule has 0 aliphatic carbocycles. The van der Waals surface area contributed by atoms with Gasteiger partial charge in [0, 0.05) is 22.0 Å². The minimum atomic E-state index is -0.821. The molecular formula is C19H16BrN3O2. The van der Waals surface area contributed by atoms with Crippen molar-refractivity contribution in [1.82, 2.24) is 9.97 Å². The fraction of sp³-hybridized carbons (Fsp3) is 0.211. The van der Waals surface area contributed by atoms with E-state index in [1.165, 1.54) is 0 Å². The van der Waals surface area contributed by atoms with Gasteiger partial charge in [-0.2, -0.15) is 0 Å². The number of hydrogen-bond acceptors (Lipinski definition) is 4. The monoisotopic (exact) mass is 397 g/mol. The van der Waals surface area contributed by atoms with Crippen LogP contribution in [0.2, 0.25) is 0 Å². The van der Waals surface area contributed by atoms with Crippen molar-refractivity contribution < 1.29 is 9.90 Å². The lowest BCUT2D eigenvalue weighted by Crippen LogP contribution is -2.37. The molecule has 0 radical (unpaired) electrons. The number of carboxylic acid groups (broad SMARTS) is 1. The largest absolute Gasteiger partial charge is 0.480 e. The van der Waals surface area contributed by atoms with E-state index in [0.717, 1.165) is 33.1 Å². The summed E-state index contributed by atoms with van der Waals surface area (Å²) in [6.07, 6.45) is 1.46. The van der Waals surface area contributed by atoms with Crippen molar-refractivity contribution in [3.63, 3.8) is 0 Å². The molecule has 1 N–H and O–H groups in total. The maximum absolute atomic E-state index is 11.5. The van der Waals surface area contributed by atoms with Crippen LogP contribution in [0.15, 0.2) is 53.0 Å². The van der Waals surface area contributed by atoms with Crippen LogP contribution >= 0.6 is 15.9 Å². The highest BCUT2D eigenvalue weighted by Gasteiger charge is 2.32. The number of hydrogen-bond donors (Lipinski definition) is 1. The Bertz CT molecular complexity index is 946. The Morgan fingerprint density at radius 1 is 1.16 bits per heavy atom. The van der Waals surface area contributed by atoms with Crippen molar-refractivity contribution in [2.45, 2.75) is 18.9 Å². The minimum absolute atomic E-state index is 0.485. The van der Waals surface area contributed by atoms with Gasteiger partial charge >= 0.3 is 5.97 Å². The number of rotatable bonds is 3. The average Bonchev–Trinajstić information content (AvgIpc) is 3.12. The molecule has 5 nitrogen and oxygen atoms in total. The Hall–Kier alpha value is -2.47. The zero-order valence-corrected chi connectivity index (χ0v) is 15.0. The lowest BCUT2D eigenvalue weighted by Gasteiger charge is -2.22. The van der Waals surface area contributed by atoms with Crippen molar-refractivity contribution in [1.29, 1.82) is 0 Å². The summed E-state index contributed by atoms with van der Waals surface area (Å²) in [6, 6.07) is 15.2. The second kappa shape index (κ2) is 6.44. The van der Waals surface area contributed by atoms with Crippen molar-refractivity contribution in [2.24, 2.45) is 0 Å². The number of halogens is 1. The van der Waals surface area contributed by atoms with Gasteiger partial charge in [0.1, 0.15) is 6.04 Å². The first kappa shape index (κ1) is 16.0. The van der Waals surface area contributed by atoms with Crippen LogP contribution in [0.5, 0.6) is 0 Å². The molecule has 0 unspecified atom stereocenters. The van der Waals surface area contributed by atoms with Gasteiger partial charge in [-0.05, 0) is 31.0 Å². The highest BCUT2D eigenvalue weighted by molar-refractivity contribution is 9.10. The zero-order valence-electron chi connectivity index (χ0n) is 13.4. The average molecular weight is 398 g/mol. The molecule has 25 heavy (non-hydrogen) atoms. The first-order valence-electron chi connectivity index (χ1n) is 8.15. The smallest absolute Gasteiger partial charge is 0.326 e. The molecule has 1 aliphatic heterocycles. The topological polar surface area (TPSA) is 66.3 Å². The molecule has 3 aromatic rings. The van der Waals surface area contributed by atoms with E-state index >= 15 is 0 Å².